The van der Waals surface area contributed by atoms with Crippen molar-refractivity contribution in [2.45, 2.75) is 39.7 Å². The zero-order chi connectivity index (χ0) is 16.8. The van der Waals surface area contributed by atoms with Crippen LogP contribution in [0.4, 0.5) is 10.5 Å². The molecule has 0 atom stereocenters. The van der Waals surface area contributed by atoms with Crippen molar-refractivity contribution in [2.75, 3.05) is 6.54 Å². The number of aryl methyl sites for hydroxylation is 1. The molecule has 1 N–H and O–H groups in total. The number of carbonyl (C=O) groups excluding carboxylic acids is 1. The van der Waals surface area contributed by atoms with Gasteiger partial charge in [-0.2, -0.15) is 0 Å². The maximum Gasteiger partial charge on any atom is 0.407 e. The van der Waals surface area contributed by atoms with Crippen LogP contribution in [0, 0.1) is 28.9 Å². The van der Waals surface area contributed by atoms with Crippen LogP contribution in [0.25, 0.3) is 0 Å². The van der Waals surface area contributed by atoms with E-state index >= 15 is 0 Å². The number of carbonyl (C=O) groups is 1. The highest BCUT2D eigenvalue weighted by molar-refractivity contribution is 5.67. The number of ether oxygens (including phenoxy) is 1. The minimum atomic E-state index is -0.532. The van der Waals surface area contributed by atoms with E-state index in [1.165, 1.54) is 6.20 Å². The average molecular weight is 305 g/mol. The van der Waals surface area contributed by atoms with Gasteiger partial charge in [-0.15, -0.1) is 0 Å². The van der Waals surface area contributed by atoms with E-state index < -0.39 is 16.6 Å². The molecule has 1 aromatic heterocycles. The fourth-order valence-corrected chi connectivity index (χ4v) is 1.50. The van der Waals surface area contributed by atoms with Gasteiger partial charge in [0.1, 0.15) is 17.5 Å². The van der Waals surface area contributed by atoms with Crippen LogP contribution < -0.4 is 5.32 Å². The first-order valence-corrected chi connectivity index (χ1v) is 6.76. The van der Waals surface area contributed by atoms with E-state index in [2.05, 4.69) is 22.1 Å². The van der Waals surface area contributed by atoms with Gasteiger partial charge in [0.25, 0.3) is 5.69 Å². The Hall–Kier alpha value is -2.62. The predicted molar refractivity (Wildman–Crippen MR) is 81.4 cm³/mol. The van der Waals surface area contributed by atoms with Crippen molar-refractivity contribution in [3.05, 3.63) is 33.6 Å². The summed E-state index contributed by atoms with van der Waals surface area (Å²) in [4.78, 5) is 25.5. The third kappa shape index (κ3) is 6.22. The lowest BCUT2D eigenvalue weighted by Gasteiger charge is -2.19. The topological polar surface area (TPSA) is 94.4 Å². The molecule has 0 fully saturated rings. The number of nitrogens with one attached hydrogen (secondary N) is 1. The molecule has 0 spiro atoms. The van der Waals surface area contributed by atoms with E-state index in [0.717, 1.165) is 0 Å². The fraction of sp³-hybridized carbons (Fsp3) is 0.467. The Balaban J connectivity index is 2.47. The molecule has 22 heavy (non-hydrogen) atoms. The molecule has 0 aliphatic heterocycles. The number of rotatable bonds is 3. The number of hydrogen-bond acceptors (Lipinski definition) is 5. The Bertz CT molecular complexity index is 624. The molecule has 0 saturated heterocycles. The lowest BCUT2D eigenvalue weighted by Crippen LogP contribution is -2.32. The van der Waals surface area contributed by atoms with Crippen LogP contribution in [-0.4, -0.2) is 28.1 Å². The summed E-state index contributed by atoms with van der Waals surface area (Å²) in [6.45, 7) is 7.35. The van der Waals surface area contributed by atoms with E-state index in [4.69, 9.17) is 4.74 Å². The van der Waals surface area contributed by atoms with Crippen molar-refractivity contribution in [1.29, 1.82) is 0 Å². The summed E-state index contributed by atoms with van der Waals surface area (Å²) in [5, 5.41) is 13.3. The molecule has 118 valence electrons. The number of nitrogens with zero attached hydrogens (tertiary/aromatic N) is 2. The van der Waals surface area contributed by atoms with Gasteiger partial charge in [-0.25, -0.2) is 9.78 Å². The summed E-state index contributed by atoms with van der Waals surface area (Å²) >= 11 is 0. The first kappa shape index (κ1) is 17.4. The van der Waals surface area contributed by atoms with E-state index in [0.29, 0.717) is 24.2 Å². The van der Waals surface area contributed by atoms with Gasteiger partial charge in [0.2, 0.25) is 0 Å². The molecule has 7 nitrogen and oxygen atoms in total. The lowest BCUT2D eigenvalue weighted by atomic mass is 10.2. The van der Waals surface area contributed by atoms with Crippen molar-refractivity contribution < 1.29 is 14.5 Å². The van der Waals surface area contributed by atoms with Crippen LogP contribution in [0.3, 0.4) is 0 Å². The summed E-state index contributed by atoms with van der Waals surface area (Å²) in [6, 6.07) is 1.56. The van der Waals surface area contributed by atoms with Crippen molar-refractivity contribution in [2.24, 2.45) is 0 Å². The number of pyridine rings is 1. The van der Waals surface area contributed by atoms with E-state index in [-0.39, 0.29) is 5.69 Å². The van der Waals surface area contributed by atoms with Gasteiger partial charge in [-0.1, -0.05) is 5.92 Å². The monoisotopic (exact) mass is 305 g/mol. The molecule has 0 aliphatic carbocycles. The Labute approximate surface area is 129 Å². The van der Waals surface area contributed by atoms with Gasteiger partial charge < -0.3 is 10.1 Å². The van der Waals surface area contributed by atoms with Crippen LogP contribution in [0.15, 0.2) is 12.3 Å². The minimum absolute atomic E-state index is 0.0304. The van der Waals surface area contributed by atoms with E-state index in [1.807, 2.05) is 0 Å². The molecule has 0 bridgehead atoms. The van der Waals surface area contributed by atoms with Crippen LogP contribution in [0.1, 0.15) is 38.4 Å². The van der Waals surface area contributed by atoms with Crippen LogP contribution in [0.2, 0.25) is 0 Å². The SMILES string of the molecule is Cc1cc(C#CCCNC(=O)OC(C)(C)C)ncc1[N+](=O)[O-]. The average Bonchev–Trinajstić information content (AvgIpc) is 2.35. The first-order chi connectivity index (χ1) is 10.2. The van der Waals surface area contributed by atoms with Crippen LogP contribution in [-0.2, 0) is 4.74 Å². The van der Waals surface area contributed by atoms with Gasteiger partial charge in [0.05, 0.1) is 4.92 Å². The van der Waals surface area contributed by atoms with Crippen molar-refractivity contribution in [1.82, 2.24) is 10.3 Å². The molecular formula is C15H19N3O4. The normalized spacial score (nSPS) is 10.4. The van der Waals surface area contributed by atoms with Gasteiger partial charge >= 0.3 is 6.09 Å². The Morgan fingerprint density at radius 1 is 1.50 bits per heavy atom. The number of nitro groups is 1. The Morgan fingerprint density at radius 3 is 2.73 bits per heavy atom. The predicted octanol–water partition coefficient (Wildman–Crippen LogP) is 2.56. The number of hydrogen-bond donors (Lipinski definition) is 1. The second-order valence-corrected chi connectivity index (χ2v) is 5.59. The van der Waals surface area contributed by atoms with Gasteiger partial charge in [-0.05, 0) is 39.7 Å². The first-order valence-electron chi connectivity index (χ1n) is 6.76. The standard InChI is InChI=1S/C15H19N3O4/c1-11-9-12(17-10-13(11)18(20)21)7-5-6-8-16-14(19)22-15(2,3)4/h9-10H,6,8H2,1-4H3,(H,16,19). The zero-order valence-electron chi connectivity index (χ0n) is 13.1. The Kier molecular flexibility index (Phi) is 5.87. The second kappa shape index (κ2) is 7.41. The molecule has 7 heteroatoms. The van der Waals surface area contributed by atoms with Gasteiger partial charge in [-0.3, -0.25) is 10.1 Å². The third-order valence-electron chi connectivity index (χ3n) is 2.41. The summed E-state index contributed by atoms with van der Waals surface area (Å²) in [6.07, 6.45) is 1.13. The van der Waals surface area contributed by atoms with Crippen molar-refractivity contribution in [3.63, 3.8) is 0 Å². The Morgan fingerprint density at radius 2 is 2.18 bits per heavy atom. The third-order valence-corrected chi connectivity index (χ3v) is 2.41. The van der Waals surface area contributed by atoms with Crippen LogP contribution >= 0.6 is 0 Å². The molecule has 0 saturated carbocycles. The largest absolute Gasteiger partial charge is 0.444 e. The molecular weight excluding hydrogens is 286 g/mol. The maximum atomic E-state index is 11.4. The number of aromatic nitrogens is 1. The van der Waals surface area contributed by atoms with Gasteiger partial charge in [0, 0.05) is 18.5 Å². The number of alkyl carbamates (subject to hydrolysis) is 1. The molecule has 0 unspecified atom stereocenters. The maximum absolute atomic E-state index is 11.4. The lowest BCUT2D eigenvalue weighted by molar-refractivity contribution is -0.385. The second-order valence-electron chi connectivity index (χ2n) is 5.59. The van der Waals surface area contributed by atoms with E-state index in [1.54, 1.807) is 33.8 Å². The molecule has 1 heterocycles. The van der Waals surface area contributed by atoms with Crippen molar-refractivity contribution in [3.8, 4) is 11.8 Å². The molecule has 1 aromatic rings. The smallest absolute Gasteiger partial charge is 0.407 e. The molecule has 1 amide bonds. The van der Waals surface area contributed by atoms with Crippen LogP contribution in [0.5, 0.6) is 0 Å². The van der Waals surface area contributed by atoms with E-state index in [9.17, 15) is 14.9 Å². The summed E-state index contributed by atoms with van der Waals surface area (Å²) in [5.41, 5.74) is 0.407. The zero-order valence-corrected chi connectivity index (χ0v) is 13.1. The summed E-state index contributed by atoms with van der Waals surface area (Å²) in [5.74, 6) is 5.64. The highest BCUT2D eigenvalue weighted by atomic mass is 16.6. The highest BCUT2D eigenvalue weighted by Gasteiger charge is 2.15. The van der Waals surface area contributed by atoms with Gasteiger partial charge in [0.15, 0.2) is 0 Å². The van der Waals surface area contributed by atoms with Crippen molar-refractivity contribution >= 4 is 11.8 Å². The highest BCUT2D eigenvalue weighted by Crippen LogP contribution is 2.15. The quantitative estimate of drug-likeness (QED) is 0.401. The molecule has 1 rings (SSSR count). The number of amides is 1. The fourth-order valence-electron chi connectivity index (χ4n) is 1.50. The summed E-state index contributed by atoms with van der Waals surface area (Å²) in [7, 11) is 0. The minimum Gasteiger partial charge on any atom is -0.444 e. The molecule has 0 aliphatic rings. The molecule has 0 aromatic carbocycles. The summed E-state index contributed by atoms with van der Waals surface area (Å²) < 4.78 is 5.08. The molecule has 0 radical (unpaired) electrons.